The van der Waals surface area contributed by atoms with E-state index >= 15 is 0 Å². The third kappa shape index (κ3) is 3.48. The van der Waals surface area contributed by atoms with Crippen LogP contribution >= 0.6 is 11.3 Å². The first-order valence-corrected chi connectivity index (χ1v) is 8.68. The van der Waals surface area contributed by atoms with Crippen LogP contribution in [0.3, 0.4) is 0 Å². The predicted molar refractivity (Wildman–Crippen MR) is 85.7 cm³/mol. The lowest BCUT2D eigenvalue weighted by molar-refractivity contribution is -0.142. The van der Waals surface area contributed by atoms with Gasteiger partial charge in [-0.3, -0.25) is 9.69 Å². The van der Waals surface area contributed by atoms with Gasteiger partial charge in [0.05, 0.1) is 10.5 Å². The summed E-state index contributed by atoms with van der Waals surface area (Å²) in [5, 5.41) is 1.11. The first-order chi connectivity index (χ1) is 10.6. The SMILES string of the molecule is Cc1ncc(CN2CCN(C(=O)C3(N)CCOCC3)CC2)s1. The van der Waals surface area contributed by atoms with Gasteiger partial charge in [-0.25, -0.2) is 4.98 Å². The van der Waals surface area contributed by atoms with E-state index < -0.39 is 5.54 Å². The minimum absolute atomic E-state index is 0.101. The third-order valence-electron chi connectivity index (χ3n) is 4.52. The van der Waals surface area contributed by atoms with Crippen molar-refractivity contribution in [2.75, 3.05) is 39.4 Å². The van der Waals surface area contributed by atoms with Crippen LogP contribution in [-0.2, 0) is 16.1 Å². The van der Waals surface area contributed by atoms with Crippen LogP contribution in [0, 0.1) is 6.92 Å². The molecular formula is C15H24N4O2S. The summed E-state index contributed by atoms with van der Waals surface area (Å²) in [6.07, 6.45) is 3.22. The molecule has 0 spiro atoms. The Kier molecular flexibility index (Phi) is 4.77. The van der Waals surface area contributed by atoms with E-state index in [1.165, 1.54) is 4.88 Å². The van der Waals surface area contributed by atoms with Crippen molar-refractivity contribution < 1.29 is 9.53 Å². The van der Waals surface area contributed by atoms with Gasteiger partial charge in [0.1, 0.15) is 0 Å². The van der Waals surface area contributed by atoms with Crippen molar-refractivity contribution in [2.45, 2.75) is 31.8 Å². The normalized spacial score (nSPS) is 22.7. The average molecular weight is 324 g/mol. The lowest BCUT2D eigenvalue weighted by Gasteiger charge is -2.40. The number of nitrogens with two attached hydrogens (primary N) is 1. The van der Waals surface area contributed by atoms with Crippen LogP contribution in [0.4, 0.5) is 0 Å². The largest absolute Gasteiger partial charge is 0.381 e. The first-order valence-electron chi connectivity index (χ1n) is 7.86. The molecule has 0 bridgehead atoms. The van der Waals surface area contributed by atoms with Crippen LogP contribution in [0.2, 0.25) is 0 Å². The minimum Gasteiger partial charge on any atom is -0.381 e. The molecule has 0 radical (unpaired) electrons. The number of ether oxygens (including phenoxy) is 1. The van der Waals surface area contributed by atoms with Gasteiger partial charge in [0.2, 0.25) is 5.91 Å². The van der Waals surface area contributed by atoms with Gasteiger partial charge < -0.3 is 15.4 Å². The maximum Gasteiger partial charge on any atom is 0.242 e. The molecule has 22 heavy (non-hydrogen) atoms. The number of nitrogens with zero attached hydrogens (tertiary/aromatic N) is 3. The lowest BCUT2D eigenvalue weighted by atomic mass is 9.89. The van der Waals surface area contributed by atoms with Gasteiger partial charge in [0, 0.05) is 57.0 Å². The first kappa shape index (κ1) is 15.9. The Morgan fingerprint density at radius 1 is 1.36 bits per heavy atom. The molecule has 2 aliphatic heterocycles. The summed E-state index contributed by atoms with van der Waals surface area (Å²) in [4.78, 5) is 22.6. The number of carbonyl (C=O) groups excluding carboxylic acids is 1. The molecule has 122 valence electrons. The van der Waals surface area contributed by atoms with Gasteiger partial charge >= 0.3 is 0 Å². The Hall–Kier alpha value is -1.02. The number of carbonyl (C=O) groups is 1. The Labute approximate surface area is 135 Å². The Bertz CT molecular complexity index is 519. The van der Waals surface area contributed by atoms with Crippen molar-refractivity contribution in [3.63, 3.8) is 0 Å². The molecule has 2 aliphatic rings. The predicted octanol–water partition coefficient (Wildman–Crippen LogP) is 0.604. The van der Waals surface area contributed by atoms with Gasteiger partial charge in [-0.15, -0.1) is 11.3 Å². The number of hydrogen-bond acceptors (Lipinski definition) is 6. The summed E-state index contributed by atoms with van der Waals surface area (Å²) in [6.45, 7) is 7.45. The van der Waals surface area contributed by atoms with Gasteiger partial charge in [-0.1, -0.05) is 0 Å². The Morgan fingerprint density at radius 3 is 2.64 bits per heavy atom. The molecule has 7 heteroatoms. The highest BCUT2D eigenvalue weighted by Crippen LogP contribution is 2.22. The molecule has 0 aromatic carbocycles. The van der Waals surface area contributed by atoms with Crippen LogP contribution in [0.5, 0.6) is 0 Å². The van der Waals surface area contributed by atoms with Crippen LogP contribution in [0.15, 0.2) is 6.20 Å². The van der Waals surface area contributed by atoms with Crippen molar-refractivity contribution in [3.05, 3.63) is 16.1 Å². The summed E-state index contributed by atoms with van der Waals surface area (Å²) in [5.74, 6) is 0.101. The van der Waals surface area contributed by atoms with Gasteiger partial charge in [-0.05, 0) is 19.8 Å². The topological polar surface area (TPSA) is 71.7 Å². The highest BCUT2D eigenvalue weighted by molar-refractivity contribution is 7.11. The van der Waals surface area contributed by atoms with E-state index in [1.54, 1.807) is 11.3 Å². The van der Waals surface area contributed by atoms with E-state index in [2.05, 4.69) is 9.88 Å². The number of aryl methyl sites for hydroxylation is 1. The Balaban J connectivity index is 1.51. The fourth-order valence-corrected chi connectivity index (χ4v) is 3.91. The van der Waals surface area contributed by atoms with E-state index in [9.17, 15) is 4.79 Å². The van der Waals surface area contributed by atoms with Crippen molar-refractivity contribution >= 4 is 17.2 Å². The van der Waals surface area contributed by atoms with Crippen molar-refractivity contribution in [3.8, 4) is 0 Å². The standard InChI is InChI=1S/C15H24N4O2S/c1-12-17-10-13(22-12)11-18-4-6-19(7-5-18)14(20)15(16)2-8-21-9-3-15/h10H,2-9,11,16H2,1H3. The van der Waals surface area contributed by atoms with Gasteiger partial charge in [0.25, 0.3) is 0 Å². The fourth-order valence-electron chi connectivity index (χ4n) is 3.07. The second-order valence-electron chi connectivity index (χ2n) is 6.18. The van der Waals surface area contributed by atoms with Crippen molar-refractivity contribution in [1.82, 2.24) is 14.8 Å². The second-order valence-corrected chi connectivity index (χ2v) is 7.50. The van der Waals surface area contributed by atoms with E-state index in [0.29, 0.717) is 26.1 Å². The molecule has 0 aliphatic carbocycles. The van der Waals surface area contributed by atoms with E-state index in [0.717, 1.165) is 37.7 Å². The smallest absolute Gasteiger partial charge is 0.242 e. The number of aromatic nitrogens is 1. The van der Waals surface area contributed by atoms with Crippen LogP contribution in [0.25, 0.3) is 0 Å². The number of amides is 1. The zero-order valence-corrected chi connectivity index (χ0v) is 13.9. The molecule has 1 aromatic heterocycles. The molecule has 3 heterocycles. The Morgan fingerprint density at radius 2 is 2.05 bits per heavy atom. The minimum atomic E-state index is -0.713. The fraction of sp³-hybridized carbons (Fsp3) is 0.733. The highest BCUT2D eigenvalue weighted by Gasteiger charge is 2.39. The second kappa shape index (κ2) is 6.62. The summed E-state index contributed by atoms with van der Waals surface area (Å²) in [7, 11) is 0. The number of rotatable bonds is 3. The molecule has 0 atom stereocenters. The number of piperazine rings is 1. The van der Waals surface area contributed by atoms with E-state index in [-0.39, 0.29) is 5.91 Å². The van der Waals surface area contributed by atoms with Gasteiger partial charge in [-0.2, -0.15) is 0 Å². The van der Waals surface area contributed by atoms with Gasteiger partial charge in [0.15, 0.2) is 0 Å². The molecule has 2 N–H and O–H groups in total. The zero-order valence-electron chi connectivity index (χ0n) is 13.1. The molecule has 0 saturated carbocycles. The van der Waals surface area contributed by atoms with Crippen LogP contribution < -0.4 is 5.73 Å². The zero-order chi connectivity index (χ0) is 15.6. The quantitative estimate of drug-likeness (QED) is 0.882. The third-order valence-corrected chi connectivity index (χ3v) is 5.42. The summed E-state index contributed by atoms with van der Waals surface area (Å²) in [6, 6.07) is 0. The molecule has 2 saturated heterocycles. The van der Waals surface area contributed by atoms with E-state index in [4.69, 9.17) is 10.5 Å². The maximum atomic E-state index is 12.7. The molecule has 3 rings (SSSR count). The highest BCUT2D eigenvalue weighted by atomic mass is 32.1. The summed E-state index contributed by atoms with van der Waals surface area (Å²) >= 11 is 1.74. The number of thiazole rings is 1. The molecule has 1 aromatic rings. The molecular weight excluding hydrogens is 300 g/mol. The molecule has 1 amide bonds. The molecule has 2 fully saturated rings. The summed E-state index contributed by atoms with van der Waals surface area (Å²) < 4.78 is 5.32. The van der Waals surface area contributed by atoms with Crippen LogP contribution in [0.1, 0.15) is 22.7 Å². The monoisotopic (exact) mass is 324 g/mol. The number of hydrogen-bond donors (Lipinski definition) is 1. The maximum absolute atomic E-state index is 12.7. The lowest BCUT2D eigenvalue weighted by Crippen LogP contribution is -2.61. The van der Waals surface area contributed by atoms with Crippen molar-refractivity contribution in [2.24, 2.45) is 5.73 Å². The van der Waals surface area contributed by atoms with Crippen LogP contribution in [-0.4, -0.2) is 65.6 Å². The molecule has 6 nitrogen and oxygen atoms in total. The van der Waals surface area contributed by atoms with Crippen molar-refractivity contribution in [1.29, 1.82) is 0 Å². The van der Waals surface area contributed by atoms with E-state index in [1.807, 2.05) is 18.0 Å². The molecule has 0 unspecified atom stereocenters. The average Bonchev–Trinajstić information content (AvgIpc) is 2.93. The summed E-state index contributed by atoms with van der Waals surface area (Å²) in [5.41, 5.74) is 5.59.